The molecule has 98 valence electrons. The van der Waals surface area contributed by atoms with Gasteiger partial charge in [-0.1, -0.05) is 43.6 Å². The van der Waals surface area contributed by atoms with E-state index in [2.05, 4.69) is 20.6 Å². The van der Waals surface area contributed by atoms with E-state index in [0.29, 0.717) is 16.7 Å². The third-order valence-electron chi connectivity index (χ3n) is 2.26. The molecular formula is C13H14ClN5. The van der Waals surface area contributed by atoms with E-state index in [0.717, 1.165) is 5.69 Å². The molecule has 2 aromatic heterocycles. The first-order valence-corrected chi connectivity index (χ1v) is 6.41. The number of anilines is 2. The lowest BCUT2D eigenvalue weighted by Crippen LogP contribution is -1.99. The summed E-state index contributed by atoms with van der Waals surface area (Å²) in [7, 11) is 0. The summed E-state index contributed by atoms with van der Waals surface area (Å²) >= 11 is 5.84. The fourth-order valence-corrected chi connectivity index (χ4v) is 1.63. The Hall–Kier alpha value is -2.14. The average Bonchev–Trinajstić information content (AvgIpc) is 2.85. The molecular weight excluding hydrogens is 262 g/mol. The fourth-order valence-electron chi connectivity index (χ4n) is 1.50. The van der Waals surface area contributed by atoms with Crippen LogP contribution in [0.5, 0.6) is 0 Å². The van der Waals surface area contributed by atoms with Crippen LogP contribution in [0.4, 0.5) is 11.6 Å². The second-order valence-electron chi connectivity index (χ2n) is 3.44. The second kappa shape index (κ2) is 6.15. The summed E-state index contributed by atoms with van der Waals surface area (Å²) in [6.07, 6.45) is 0. The van der Waals surface area contributed by atoms with Gasteiger partial charge in [-0.05, 0) is 24.3 Å². The Morgan fingerprint density at radius 1 is 1.00 bits per heavy atom. The number of nitrogens with zero attached hydrogens (tertiary/aromatic N) is 4. The van der Waals surface area contributed by atoms with Crippen LogP contribution < -0.4 is 5.32 Å². The van der Waals surface area contributed by atoms with Crippen molar-refractivity contribution in [3.8, 4) is 0 Å². The van der Waals surface area contributed by atoms with E-state index < -0.39 is 0 Å². The van der Waals surface area contributed by atoms with Crippen molar-refractivity contribution in [2.45, 2.75) is 13.8 Å². The van der Waals surface area contributed by atoms with Crippen LogP contribution in [-0.2, 0) is 0 Å². The average molecular weight is 276 g/mol. The van der Waals surface area contributed by atoms with E-state index >= 15 is 0 Å². The minimum absolute atomic E-state index is 0.397. The Bertz CT molecular complexity index is 650. The maximum absolute atomic E-state index is 5.84. The molecule has 0 aliphatic carbocycles. The predicted octanol–water partition coefficient (Wildman–Crippen LogP) is 3.55. The van der Waals surface area contributed by atoms with Gasteiger partial charge in [-0.15, -0.1) is 10.2 Å². The molecule has 5 nitrogen and oxygen atoms in total. The lowest BCUT2D eigenvalue weighted by Gasteiger charge is -2.02. The molecule has 19 heavy (non-hydrogen) atoms. The molecule has 0 spiro atoms. The number of hydrogen-bond acceptors (Lipinski definition) is 4. The Morgan fingerprint density at radius 2 is 1.74 bits per heavy atom. The van der Waals surface area contributed by atoms with Crippen LogP contribution in [0.15, 0.2) is 42.5 Å². The Morgan fingerprint density at radius 3 is 2.47 bits per heavy atom. The molecule has 2 heterocycles. The predicted molar refractivity (Wildman–Crippen MR) is 76.9 cm³/mol. The molecule has 0 amide bonds. The number of aromatic nitrogens is 4. The zero-order chi connectivity index (χ0) is 13.7. The Balaban J connectivity index is 0.000000637. The van der Waals surface area contributed by atoms with Crippen molar-refractivity contribution in [3.05, 3.63) is 47.6 Å². The summed E-state index contributed by atoms with van der Waals surface area (Å²) in [5, 5.41) is 15.6. The third kappa shape index (κ3) is 3.00. The monoisotopic (exact) mass is 275 g/mol. The van der Waals surface area contributed by atoms with E-state index in [-0.39, 0.29) is 0 Å². The Kier molecular flexibility index (Phi) is 4.30. The minimum Gasteiger partial charge on any atom is -0.323 e. The van der Waals surface area contributed by atoms with Gasteiger partial charge in [-0.2, -0.15) is 9.61 Å². The molecule has 0 atom stereocenters. The Labute approximate surface area is 116 Å². The van der Waals surface area contributed by atoms with Crippen LogP contribution in [0.2, 0.25) is 5.15 Å². The van der Waals surface area contributed by atoms with Gasteiger partial charge in [0, 0.05) is 5.69 Å². The minimum atomic E-state index is 0.397. The number of benzene rings is 1. The third-order valence-corrected chi connectivity index (χ3v) is 2.46. The smallest absolute Gasteiger partial charge is 0.250 e. The zero-order valence-corrected chi connectivity index (χ0v) is 11.5. The van der Waals surface area contributed by atoms with Crippen molar-refractivity contribution in [2.24, 2.45) is 0 Å². The van der Waals surface area contributed by atoms with Gasteiger partial charge in [0.05, 0.1) is 0 Å². The molecule has 0 fully saturated rings. The molecule has 0 saturated carbocycles. The number of nitrogens with one attached hydrogen (secondary N) is 1. The maximum Gasteiger partial charge on any atom is 0.250 e. The number of hydrogen-bond donors (Lipinski definition) is 1. The number of para-hydroxylation sites is 1. The largest absolute Gasteiger partial charge is 0.323 e. The molecule has 1 aromatic carbocycles. The molecule has 6 heteroatoms. The summed E-state index contributed by atoms with van der Waals surface area (Å²) in [6.45, 7) is 4.00. The van der Waals surface area contributed by atoms with E-state index in [1.54, 1.807) is 16.6 Å². The second-order valence-corrected chi connectivity index (χ2v) is 3.83. The number of fused-ring (bicyclic) bond motifs is 1. The molecule has 0 saturated heterocycles. The lowest BCUT2D eigenvalue weighted by molar-refractivity contribution is 0.936. The van der Waals surface area contributed by atoms with Crippen molar-refractivity contribution < 1.29 is 0 Å². The first-order chi connectivity index (χ1) is 9.33. The summed E-state index contributed by atoms with van der Waals surface area (Å²) in [4.78, 5) is 0. The summed E-state index contributed by atoms with van der Waals surface area (Å²) < 4.78 is 1.56. The van der Waals surface area contributed by atoms with Crippen LogP contribution in [0.3, 0.4) is 0 Å². The van der Waals surface area contributed by atoms with Crippen molar-refractivity contribution in [3.63, 3.8) is 0 Å². The van der Waals surface area contributed by atoms with E-state index in [4.69, 9.17) is 11.6 Å². The van der Waals surface area contributed by atoms with Gasteiger partial charge in [0.25, 0.3) is 0 Å². The first kappa shape index (κ1) is 13.3. The van der Waals surface area contributed by atoms with Gasteiger partial charge in [0.1, 0.15) is 5.15 Å². The van der Waals surface area contributed by atoms with Crippen LogP contribution in [0.1, 0.15) is 13.8 Å². The maximum atomic E-state index is 5.84. The van der Waals surface area contributed by atoms with Crippen LogP contribution in [0, 0.1) is 0 Å². The molecule has 1 N–H and O–H groups in total. The molecule has 0 radical (unpaired) electrons. The molecule has 3 rings (SSSR count). The highest BCUT2D eigenvalue weighted by molar-refractivity contribution is 6.29. The summed E-state index contributed by atoms with van der Waals surface area (Å²) in [6, 6.07) is 13.1. The van der Waals surface area contributed by atoms with Gasteiger partial charge >= 0.3 is 0 Å². The van der Waals surface area contributed by atoms with Crippen molar-refractivity contribution in [1.29, 1.82) is 0 Å². The first-order valence-electron chi connectivity index (χ1n) is 6.03. The van der Waals surface area contributed by atoms with Crippen molar-refractivity contribution in [1.82, 2.24) is 19.8 Å². The summed E-state index contributed by atoms with van der Waals surface area (Å²) in [5.74, 6) is 0.536. The highest BCUT2D eigenvalue weighted by atomic mass is 35.5. The zero-order valence-electron chi connectivity index (χ0n) is 10.7. The van der Waals surface area contributed by atoms with Crippen molar-refractivity contribution in [2.75, 3.05) is 5.32 Å². The highest BCUT2D eigenvalue weighted by Crippen LogP contribution is 2.15. The van der Waals surface area contributed by atoms with Gasteiger partial charge in [0.15, 0.2) is 5.65 Å². The molecule has 0 bridgehead atoms. The van der Waals surface area contributed by atoms with Gasteiger partial charge < -0.3 is 5.32 Å². The number of rotatable bonds is 2. The fraction of sp³-hybridized carbons (Fsp3) is 0.154. The van der Waals surface area contributed by atoms with E-state index in [9.17, 15) is 0 Å². The van der Waals surface area contributed by atoms with Crippen LogP contribution >= 0.6 is 11.6 Å². The van der Waals surface area contributed by atoms with Gasteiger partial charge in [-0.3, -0.25) is 0 Å². The van der Waals surface area contributed by atoms with Gasteiger partial charge in [-0.25, -0.2) is 0 Å². The van der Waals surface area contributed by atoms with Crippen LogP contribution in [0.25, 0.3) is 5.65 Å². The van der Waals surface area contributed by atoms with E-state index in [1.807, 2.05) is 44.2 Å². The molecule has 0 unspecified atom stereocenters. The SMILES string of the molecule is CC.Clc1ccc2nnc(Nc3ccccc3)n2n1. The van der Waals surface area contributed by atoms with Crippen molar-refractivity contribution >= 4 is 28.9 Å². The van der Waals surface area contributed by atoms with Gasteiger partial charge in [0.2, 0.25) is 5.95 Å². The quantitative estimate of drug-likeness (QED) is 0.777. The van der Waals surface area contributed by atoms with Crippen LogP contribution in [-0.4, -0.2) is 19.8 Å². The molecule has 0 aliphatic rings. The topological polar surface area (TPSA) is 55.1 Å². The lowest BCUT2D eigenvalue weighted by atomic mass is 10.3. The summed E-state index contributed by atoms with van der Waals surface area (Å²) in [5.41, 5.74) is 1.57. The standard InChI is InChI=1S/C11H8ClN5.C2H6/c12-9-6-7-10-14-15-11(17(10)16-9)13-8-4-2-1-3-5-8;1-2/h1-7H,(H,13,15);1-2H3. The van der Waals surface area contributed by atoms with E-state index in [1.165, 1.54) is 0 Å². The molecule has 0 aliphatic heterocycles. The normalized spacial score (nSPS) is 9.84. The molecule has 3 aromatic rings. The number of halogens is 1. The highest BCUT2D eigenvalue weighted by Gasteiger charge is 2.06.